The Balaban J connectivity index is 2.79. The minimum atomic E-state index is -4.10. The largest absolute Gasteiger partial charge is 0.496 e. The van der Waals surface area contributed by atoms with Crippen LogP contribution < -0.4 is 10.1 Å². The molecule has 20 heavy (non-hydrogen) atoms. The van der Waals surface area contributed by atoms with Crippen LogP contribution in [-0.2, 0) is 0 Å². The van der Waals surface area contributed by atoms with Crippen molar-refractivity contribution in [1.82, 2.24) is 5.32 Å². The predicted molar refractivity (Wildman–Crippen MR) is 77.0 cm³/mol. The van der Waals surface area contributed by atoms with Gasteiger partial charge in [-0.15, -0.1) is 0 Å². The lowest BCUT2D eigenvalue weighted by atomic mass is 10.00. The van der Waals surface area contributed by atoms with Gasteiger partial charge in [-0.2, -0.15) is 13.2 Å². The summed E-state index contributed by atoms with van der Waals surface area (Å²) < 4.78 is 42.9. The van der Waals surface area contributed by atoms with Gasteiger partial charge in [0.15, 0.2) is 0 Å². The van der Waals surface area contributed by atoms with E-state index in [1.165, 1.54) is 0 Å². The molecule has 0 aliphatic rings. The highest BCUT2D eigenvalue weighted by atomic mass is 79.9. The summed E-state index contributed by atoms with van der Waals surface area (Å²) in [6, 6.07) is 5.43. The monoisotopic (exact) mass is 353 g/mol. The molecule has 1 unspecified atom stereocenters. The summed E-state index contributed by atoms with van der Waals surface area (Å²) in [6.45, 7) is 2.62. The average molecular weight is 354 g/mol. The van der Waals surface area contributed by atoms with Crippen molar-refractivity contribution in [1.29, 1.82) is 0 Å². The highest BCUT2D eigenvalue weighted by molar-refractivity contribution is 9.10. The summed E-state index contributed by atoms with van der Waals surface area (Å²) in [7, 11) is 1.56. The van der Waals surface area contributed by atoms with Crippen LogP contribution in [0.1, 0.15) is 37.8 Å². The molecule has 0 aliphatic heterocycles. The Bertz CT molecular complexity index is 423. The fraction of sp³-hybridized carbons (Fsp3) is 0.571. The van der Waals surface area contributed by atoms with Gasteiger partial charge >= 0.3 is 6.18 Å². The van der Waals surface area contributed by atoms with Crippen molar-refractivity contribution >= 4 is 15.9 Å². The fourth-order valence-electron chi connectivity index (χ4n) is 2.09. The maximum absolute atomic E-state index is 12.2. The minimum absolute atomic E-state index is 0.0976. The molecular weight excluding hydrogens is 335 g/mol. The maximum Gasteiger partial charge on any atom is 0.389 e. The Labute approximate surface area is 125 Å². The zero-order chi connectivity index (χ0) is 15.2. The van der Waals surface area contributed by atoms with E-state index in [2.05, 4.69) is 21.2 Å². The third-order valence-corrected chi connectivity index (χ3v) is 3.47. The molecule has 6 heteroatoms. The molecule has 0 spiro atoms. The number of halogens is 4. The van der Waals surface area contributed by atoms with Crippen molar-refractivity contribution in [2.24, 2.45) is 0 Å². The first-order valence-electron chi connectivity index (χ1n) is 6.51. The normalized spacial score (nSPS) is 13.3. The van der Waals surface area contributed by atoms with Crippen LogP contribution in [0.4, 0.5) is 13.2 Å². The molecule has 0 radical (unpaired) electrons. The van der Waals surface area contributed by atoms with E-state index in [0.717, 1.165) is 10.0 Å². The molecule has 0 aliphatic carbocycles. The van der Waals surface area contributed by atoms with E-state index in [-0.39, 0.29) is 12.5 Å². The molecule has 114 valence electrons. The Morgan fingerprint density at radius 1 is 1.35 bits per heavy atom. The molecule has 1 aromatic carbocycles. The van der Waals surface area contributed by atoms with Crippen LogP contribution in [0.25, 0.3) is 0 Å². The van der Waals surface area contributed by atoms with E-state index in [1.54, 1.807) is 7.11 Å². The third kappa shape index (κ3) is 5.71. The lowest BCUT2D eigenvalue weighted by Crippen LogP contribution is -2.22. The molecule has 0 saturated heterocycles. The maximum atomic E-state index is 12.2. The van der Waals surface area contributed by atoms with E-state index in [4.69, 9.17) is 4.74 Å². The molecule has 1 aromatic rings. The Kier molecular flexibility index (Phi) is 6.82. The fourth-order valence-corrected chi connectivity index (χ4v) is 2.43. The van der Waals surface area contributed by atoms with Crippen LogP contribution in [0.5, 0.6) is 5.75 Å². The van der Waals surface area contributed by atoms with Crippen LogP contribution >= 0.6 is 15.9 Å². The van der Waals surface area contributed by atoms with E-state index in [1.807, 2.05) is 25.1 Å². The van der Waals surface area contributed by atoms with Gasteiger partial charge < -0.3 is 10.1 Å². The quantitative estimate of drug-likeness (QED) is 0.757. The molecule has 0 heterocycles. The summed E-state index contributed by atoms with van der Waals surface area (Å²) in [6.07, 6.45) is -4.33. The smallest absolute Gasteiger partial charge is 0.389 e. The van der Waals surface area contributed by atoms with Crippen molar-refractivity contribution in [3.05, 3.63) is 28.2 Å². The summed E-state index contributed by atoms with van der Waals surface area (Å²) in [5, 5.41) is 3.22. The first-order chi connectivity index (χ1) is 9.37. The summed E-state index contributed by atoms with van der Waals surface area (Å²) in [4.78, 5) is 0. The van der Waals surface area contributed by atoms with Gasteiger partial charge in [0.05, 0.1) is 7.11 Å². The number of hydrogen-bond acceptors (Lipinski definition) is 2. The van der Waals surface area contributed by atoms with Crippen LogP contribution in [0.15, 0.2) is 22.7 Å². The molecule has 0 bridgehead atoms. The first kappa shape index (κ1) is 17.3. The number of rotatable bonds is 7. The molecule has 1 N–H and O–H groups in total. The molecule has 1 atom stereocenters. The number of ether oxygens (including phenoxy) is 1. The Hall–Kier alpha value is -0.750. The van der Waals surface area contributed by atoms with Crippen LogP contribution in [-0.4, -0.2) is 19.8 Å². The van der Waals surface area contributed by atoms with Gasteiger partial charge in [0.1, 0.15) is 5.75 Å². The van der Waals surface area contributed by atoms with Crippen LogP contribution in [0, 0.1) is 0 Å². The van der Waals surface area contributed by atoms with Gasteiger partial charge in [0, 0.05) is 22.5 Å². The number of benzene rings is 1. The van der Waals surface area contributed by atoms with Gasteiger partial charge in [-0.3, -0.25) is 0 Å². The SMILES string of the molecule is CCNC(CCCC(F)(F)F)c1ccc(Br)cc1OC. The number of nitrogens with one attached hydrogen (secondary N) is 1. The third-order valence-electron chi connectivity index (χ3n) is 2.97. The topological polar surface area (TPSA) is 21.3 Å². The number of hydrogen-bond donors (Lipinski definition) is 1. The standard InChI is InChI=1S/C14H19BrF3NO/c1-3-19-12(5-4-8-14(16,17)18)11-7-6-10(15)9-13(11)20-2/h6-7,9,12,19H,3-5,8H2,1-2H3. The van der Waals surface area contributed by atoms with Gasteiger partial charge in [0.2, 0.25) is 0 Å². The Morgan fingerprint density at radius 3 is 2.60 bits per heavy atom. The van der Waals surface area contributed by atoms with E-state index >= 15 is 0 Å². The van der Waals surface area contributed by atoms with E-state index in [9.17, 15) is 13.2 Å². The molecule has 0 fully saturated rings. The summed E-state index contributed by atoms with van der Waals surface area (Å²) in [5.41, 5.74) is 0.889. The summed E-state index contributed by atoms with van der Waals surface area (Å²) >= 11 is 3.35. The molecular formula is C14H19BrF3NO. The molecule has 0 saturated carbocycles. The van der Waals surface area contributed by atoms with Gasteiger partial charge in [0.25, 0.3) is 0 Å². The van der Waals surface area contributed by atoms with Gasteiger partial charge in [-0.25, -0.2) is 0 Å². The predicted octanol–water partition coefficient (Wildman–Crippen LogP) is 4.84. The molecule has 2 nitrogen and oxygen atoms in total. The van der Waals surface area contributed by atoms with Crippen molar-refractivity contribution in [3.63, 3.8) is 0 Å². The first-order valence-corrected chi connectivity index (χ1v) is 7.30. The summed E-state index contributed by atoms with van der Waals surface area (Å²) in [5.74, 6) is 0.678. The second-order valence-corrected chi connectivity index (χ2v) is 5.42. The number of alkyl halides is 3. The van der Waals surface area contributed by atoms with Crippen molar-refractivity contribution in [3.8, 4) is 5.75 Å². The lowest BCUT2D eigenvalue weighted by Gasteiger charge is -2.21. The second-order valence-electron chi connectivity index (χ2n) is 4.50. The highest BCUT2D eigenvalue weighted by Gasteiger charge is 2.27. The van der Waals surface area contributed by atoms with Gasteiger partial charge in [-0.05, 0) is 31.5 Å². The molecule has 0 aromatic heterocycles. The minimum Gasteiger partial charge on any atom is -0.496 e. The van der Waals surface area contributed by atoms with E-state index in [0.29, 0.717) is 18.7 Å². The Morgan fingerprint density at radius 2 is 2.05 bits per heavy atom. The number of methoxy groups -OCH3 is 1. The van der Waals surface area contributed by atoms with E-state index < -0.39 is 12.6 Å². The lowest BCUT2D eigenvalue weighted by molar-refractivity contribution is -0.135. The van der Waals surface area contributed by atoms with Crippen molar-refractivity contribution in [2.45, 2.75) is 38.4 Å². The van der Waals surface area contributed by atoms with Crippen LogP contribution in [0.3, 0.4) is 0 Å². The zero-order valence-electron chi connectivity index (χ0n) is 11.6. The second kappa shape index (κ2) is 7.88. The van der Waals surface area contributed by atoms with Crippen molar-refractivity contribution < 1.29 is 17.9 Å². The average Bonchev–Trinajstić information content (AvgIpc) is 2.36. The molecule has 0 amide bonds. The van der Waals surface area contributed by atoms with Crippen molar-refractivity contribution in [2.75, 3.05) is 13.7 Å². The van der Waals surface area contributed by atoms with Gasteiger partial charge in [-0.1, -0.05) is 28.9 Å². The van der Waals surface area contributed by atoms with Crippen LogP contribution in [0.2, 0.25) is 0 Å². The zero-order valence-corrected chi connectivity index (χ0v) is 13.1. The highest BCUT2D eigenvalue weighted by Crippen LogP contribution is 2.32. The molecule has 1 rings (SSSR count).